The van der Waals surface area contributed by atoms with Crippen LogP contribution in [0.1, 0.15) is 25.0 Å². The van der Waals surface area contributed by atoms with Gasteiger partial charge >= 0.3 is 0 Å². The number of sulfonamides is 1. The summed E-state index contributed by atoms with van der Waals surface area (Å²) >= 11 is 0. The normalized spacial score (nSPS) is 19.5. The van der Waals surface area contributed by atoms with Crippen LogP contribution in [0.2, 0.25) is 0 Å². The number of nitrogens with zero attached hydrogens (tertiary/aromatic N) is 2. The maximum Gasteiger partial charge on any atom is 0.293 e. The van der Waals surface area contributed by atoms with Crippen molar-refractivity contribution in [3.05, 3.63) is 57.6 Å². The Morgan fingerprint density at radius 3 is 2.38 bits per heavy atom. The van der Waals surface area contributed by atoms with Gasteiger partial charge in [0.25, 0.3) is 15.7 Å². The van der Waals surface area contributed by atoms with E-state index in [0.29, 0.717) is 18.8 Å². The number of nitro benzene ring substituents is 1. The van der Waals surface area contributed by atoms with Gasteiger partial charge in [-0.3, -0.25) is 19.7 Å². The Balaban J connectivity index is 1.73. The molecule has 9 nitrogen and oxygen atoms in total. The number of rotatable bonds is 8. The second kappa shape index (κ2) is 9.85. The molecule has 0 radical (unpaired) electrons. The van der Waals surface area contributed by atoms with Crippen molar-refractivity contribution in [3.63, 3.8) is 0 Å². The second-order valence-corrected chi connectivity index (χ2v) is 9.99. The maximum atomic E-state index is 12.8. The van der Waals surface area contributed by atoms with Crippen LogP contribution in [-0.2, 0) is 14.8 Å². The Morgan fingerprint density at radius 2 is 1.75 bits per heavy atom. The van der Waals surface area contributed by atoms with Crippen LogP contribution in [0.25, 0.3) is 0 Å². The van der Waals surface area contributed by atoms with Crippen LogP contribution in [0.5, 0.6) is 0 Å². The fourth-order valence-corrected chi connectivity index (χ4v) is 5.08. The lowest BCUT2D eigenvalue weighted by Gasteiger charge is -2.35. The number of aryl methyl sites for hydroxylation is 2. The molecule has 174 valence electrons. The first-order valence-electron chi connectivity index (χ1n) is 10.6. The minimum Gasteiger partial charge on any atom is -0.378 e. The number of hydrogen-bond acceptors (Lipinski definition) is 7. The first-order valence-corrected chi connectivity index (χ1v) is 12.0. The summed E-state index contributed by atoms with van der Waals surface area (Å²) in [7, 11) is -3.98. The molecule has 1 heterocycles. The molecule has 10 heteroatoms. The number of anilines is 2. The van der Waals surface area contributed by atoms with Crippen molar-refractivity contribution in [1.82, 2.24) is 4.90 Å². The van der Waals surface area contributed by atoms with Crippen LogP contribution in [0.3, 0.4) is 0 Å². The molecule has 2 atom stereocenters. The van der Waals surface area contributed by atoms with E-state index in [-0.39, 0.29) is 28.5 Å². The molecule has 0 spiro atoms. The SMILES string of the molecule is Cc1ccc(NS(=O)(=O)c2ccc(NCCN3CC(C)OC(C)C3)c([N+](=O)[O-])c2)c(C)c1. The highest BCUT2D eigenvalue weighted by Gasteiger charge is 2.24. The van der Waals surface area contributed by atoms with E-state index in [0.717, 1.165) is 30.3 Å². The van der Waals surface area contributed by atoms with Gasteiger partial charge in [-0.15, -0.1) is 0 Å². The Labute approximate surface area is 189 Å². The third kappa shape index (κ3) is 5.96. The molecular formula is C22H30N4O5S. The highest BCUT2D eigenvalue weighted by atomic mass is 32.2. The molecule has 2 unspecified atom stereocenters. The third-order valence-electron chi connectivity index (χ3n) is 5.34. The molecule has 3 rings (SSSR count). The van der Waals surface area contributed by atoms with Crippen LogP contribution < -0.4 is 10.0 Å². The van der Waals surface area contributed by atoms with Gasteiger partial charge in [0.2, 0.25) is 0 Å². The second-order valence-electron chi connectivity index (χ2n) is 8.30. The summed E-state index contributed by atoms with van der Waals surface area (Å²) in [6, 6.07) is 9.26. The van der Waals surface area contributed by atoms with Gasteiger partial charge in [-0.25, -0.2) is 8.42 Å². The molecule has 0 aromatic heterocycles. The lowest BCUT2D eigenvalue weighted by molar-refractivity contribution is -0.384. The van der Waals surface area contributed by atoms with Crippen LogP contribution in [0, 0.1) is 24.0 Å². The molecule has 32 heavy (non-hydrogen) atoms. The number of hydrogen-bond donors (Lipinski definition) is 2. The standard InChI is InChI=1S/C22H30N4O5S/c1-15-5-7-20(16(2)11-15)24-32(29,30)19-6-8-21(22(12-19)26(27)28)23-9-10-25-13-17(3)31-18(4)14-25/h5-8,11-12,17-18,23-24H,9-10,13-14H2,1-4H3. The van der Waals surface area contributed by atoms with Crippen LogP contribution in [-0.4, -0.2) is 56.6 Å². The molecule has 1 aliphatic heterocycles. The van der Waals surface area contributed by atoms with Gasteiger partial charge in [-0.1, -0.05) is 17.7 Å². The van der Waals surface area contributed by atoms with E-state index in [1.165, 1.54) is 12.1 Å². The lowest BCUT2D eigenvalue weighted by Crippen LogP contribution is -2.46. The molecule has 0 amide bonds. The molecular weight excluding hydrogens is 432 g/mol. The van der Waals surface area contributed by atoms with E-state index < -0.39 is 14.9 Å². The molecule has 2 aromatic carbocycles. The molecule has 0 aliphatic carbocycles. The van der Waals surface area contributed by atoms with Gasteiger partial charge in [0.1, 0.15) is 5.69 Å². The van der Waals surface area contributed by atoms with Crippen LogP contribution >= 0.6 is 0 Å². The molecule has 0 saturated carbocycles. The zero-order chi connectivity index (χ0) is 23.5. The summed E-state index contributed by atoms with van der Waals surface area (Å²) in [6.45, 7) is 10.6. The van der Waals surface area contributed by atoms with Gasteiger partial charge in [-0.2, -0.15) is 0 Å². The predicted octanol–water partition coefficient (Wildman–Crippen LogP) is 3.53. The van der Waals surface area contributed by atoms with Crippen LogP contribution in [0.15, 0.2) is 41.3 Å². The summed E-state index contributed by atoms with van der Waals surface area (Å²) in [5, 5.41) is 14.7. The third-order valence-corrected chi connectivity index (χ3v) is 6.70. The van der Waals surface area contributed by atoms with Gasteiger partial charge < -0.3 is 10.1 Å². The minimum atomic E-state index is -3.98. The molecule has 0 bridgehead atoms. The van der Waals surface area contributed by atoms with Crippen LogP contribution in [0.4, 0.5) is 17.1 Å². The Bertz CT molecular complexity index is 1080. The summed E-state index contributed by atoms with van der Waals surface area (Å²) in [6.07, 6.45) is 0.282. The largest absolute Gasteiger partial charge is 0.378 e. The van der Waals surface area contributed by atoms with Gasteiger partial charge in [-0.05, 0) is 51.5 Å². The Morgan fingerprint density at radius 1 is 1.09 bits per heavy atom. The average molecular weight is 463 g/mol. The summed E-state index contributed by atoms with van der Waals surface area (Å²) in [5.41, 5.74) is 2.23. The number of nitro groups is 1. The minimum absolute atomic E-state index is 0.141. The predicted molar refractivity (Wildman–Crippen MR) is 125 cm³/mol. The molecule has 2 N–H and O–H groups in total. The first-order chi connectivity index (χ1) is 15.0. The van der Waals surface area contributed by atoms with Crippen molar-refractivity contribution in [1.29, 1.82) is 0 Å². The Kier molecular flexibility index (Phi) is 7.37. The van der Waals surface area contributed by atoms with Gasteiger partial charge in [0, 0.05) is 32.2 Å². The molecule has 2 aromatic rings. The summed E-state index contributed by atoms with van der Waals surface area (Å²) < 4.78 is 33.9. The lowest BCUT2D eigenvalue weighted by atomic mass is 10.1. The van der Waals surface area contributed by atoms with Gasteiger partial charge in [0.15, 0.2) is 0 Å². The monoisotopic (exact) mass is 462 g/mol. The maximum absolute atomic E-state index is 12.8. The van der Waals surface area contributed by atoms with E-state index in [1.807, 2.05) is 26.8 Å². The highest BCUT2D eigenvalue weighted by molar-refractivity contribution is 7.92. The van der Waals surface area contributed by atoms with E-state index in [4.69, 9.17) is 4.74 Å². The number of benzene rings is 2. The van der Waals surface area contributed by atoms with Crippen molar-refractivity contribution in [2.24, 2.45) is 0 Å². The van der Waals surface area contributed by atoms with E-state index in [1.54, 1.807) is 19.1 Å². The Hall–Kier alpha value is -2.69. The van der Waals surface area contributed by atoms with Crippen molar-refractivity contribution in [3.8, 4) is 0 Å². The summed E-state index contributed by atoms with van der Waals surface area (Å²) in [4.78, 5) is 13.1. The topological polar surface area (TPSA) is 114 Å². The average Bonchev–Trinajstić information content (AvgIpc) is 2.69. The molecule has 1 aliphatic rings. The van der Waals surface area contributed by atoms with Gasteiger partial charge in [0.05, 0.1) is 27.7 Å². The number of nitrogens with one attached hydrogen (secondary N) is 2. The zero-order valence-electron chi connectivity index (χ0n) is 18.8. The van der Waals surface area contributed by atoms with E-state index in [2.05, 4.69) is 14.9 Å². The summed E-state index contributed by atoms with van der Waals surface area (Å²) in [5.74, 6) is 0. The van der Waals surface area contributed by atoms with Crippen molar-refractivity contribution in [2.75, 3.05) is 36.2 Å². The van der Waals surface area contributed by atoms with Crippen molar-refractivity contribution in [2.45, 2.75) is 44.8 Å². The fraction of sp³-hybridized carbons (Fsp3) is 0.455. The zero-order valence-corrected chi connectivity index (χ0v) is 19.6. The molecule has 1 fully saturated rings. The van der Waals surface area contributed by atoms with Crippen molar-refractivity contribution >= 4 is 27.1 Å². The number of ether oxygens (including phenoxy) is 1. The first kappa shape index (κ1) is 24.0. The highest BCUT2D eigenvalue weighted by Crippen LogP contribution is 2.29. The smallest absolute Gasteiger partial charge is 0.293 e. The number of morpholine rings is 1. The quantitative estimate of drug-likeness (QED) is 0.456. The van der Waals surface area contributed by atoms with E-state index in [9.17, 15) is 18.5 Å². The molecule has 1 saturated heterocycles. The van der Waals surface area contributed by atoms with Crippen molar-refractivity contribution < 1.29 is 18.1 Å². The van der Waals surface area contributed by atoms with E-state index >= 15 is 0 Å². The fourth-order valence-electron chi connectivity index (χ4n) is 3.93.